The van der Waals surface area contributed by atoms with Crippen LogP contribution >= 0.6 is 11.6 Å². The summed E-state index contributed by atoms with van der Waals surface area (Å²) >= 11 is 6.27. The Bertz CT molecular complexity index is 2650. The lowest BCUT2D eigenvalue weighted by molar-refractivity contribution is -0.134. The summed E-state index contributed by atoms with van der Waals surface area (Å²) in [5, 5.41) is 7.77. The number of pyridine rings is 1. The van der Waals surface area contributed by atoms with Crippen LogP contribution in [0, 0.1) is 5.92 Å². The van der Waals surface area contributed by atoms with Crippen LogP contribution in [-0.2, 0) is 20.8 Å². The van der Waals surface area contributed by atoms with Gasteiger partial charge in [0.2, 0.25) is 17.7 Å². The van der Waals surface area contributed by atoms with Crippen molar-refractivity contribution in [1.82, 2.24) is 49.8 Å². The van der Waals surface area contributed by atoms with Crippen LogP contribution in [0.25, 0.3) is 22.2 Å². The van der Waals surface area contributed by atoms with Crippen molar-refractivity contribution < 1.29 is 19.2 Å². The van der Waals surface area contributed by atoms with Crippen LogP contribution in [0.1, 0.15) is 73.6 Å². The number of amides is 4. The number of carbonyl (C=O) groups excluding carboxylic acids is 4. The van der Waals surface area contributed by atoms with Crippen molar-refractivity contribution in [2.24, 2.45) is 11.7 Å². The monoisotopic (exact) mass is 986 g/mol. The molecule has 0 spiro atoms. The minimum absolute atomic E-state index is 0.151. The first-order valence-corrected chi connectivity index (χ1v) is 25.8. The van der Waals surface area contributed by atoms with Crippen LogP contribution < -0.4 is 21.3 Å². The Labute approximate surface area is 421 Å². The van der Waals surface area contributed by atoms with Gasteiger partial charge in [-0.05, 0) is 85.4 Å². The third-order valence-corrected chi connectivity index (χ3v) is 15.3. The van der Waals surface area contributed by atoms with Crippen molar-refractivity contribution in [3.05, 3.63) is 101 Å². The molecule has 18 heteroatoms. The second-order valence-electron chi connectivity index (χ2n) is 19.8. The van der Waals surface area contributed by atoms with E-state index in [4.69, 9.17) is 17.3 Å². The maximum absolute atomic E-state index is 14.0. The van der Waals surface area contributed by atoms with Gasteiger partial charge in [-0.3, -0.25) is 29.0 Å². The fourth-order valence-corrected chi connectivity index (χ4v) is 10.7. The zero-order valence-electron chi connectivity index (χ0n) is 41.1. The maximum Gasteiger partial charge on any atom is 0.274 e. The molecule has 4 amide bonds. The summed E-state index contributed by atoms with van der Waals surface area (Å²) in [5.74, 6) is 0.953. The number of benzene rings is 2. The number of carbonyl (C=O) groups is 4. The maximum atomic E-state index is 14.0. The summed E-state index contributed by atoms with van der Waals surface area (Å²) in [7, 11) is 0. The van der Waals surface area contributed by atoms with Crippen LogP contribution in [0.2, 0.25) is 5.02 Å². The molecule has 4 aliphatic heterocycles. The number of H-pyrrole nitrogens is 1. The Morgan fingerprint density at radius 1 is 0.817 bits per heavy atom. The smallest absolute Gasteiger partial charge is 0.274 e. The van der Waals surface area contributed by atoms with Crippen LogP contribution in [-0.4, -0.2) is 172 Å². The fourth-order valence-electron chi connectivity index (χ4n) is 10.6. The molecule has 71 heavy (non-hydrogen) atoms. The van der Waals surface area contributed by atoms with Gasteiger partial charge in [0.1, 0.15) is 17.8 Å². The van der Waals surface area contributed by atoms with E-state index in [2.05, 4.69) is 69.2 Å². The molecule has 4 aliphatic rings. The Kier molecular flexibility index (Phi) is 15.9. The molecule has 0 saturated carbocycles. The average molecular weight is 987 g/mol. The first-order chi connectivity index (χ1) is 34.4. The molecule has 4 fully saturated rings. The van der Waals surface area contributed by atoms with Gasteiger partial charge in [0.25, 0.3) is 5.91 Å². The predicted molar refractivity (Wildman–Crippen MR) is 277 cm³/mol. The molecular formula is C53H68ClN13O4. The quantitative estimate of drug-likeness (QED) is 0.109. The summed E-state index contributed by atoms with van der Waals surface area (Å²) in [6.07, 6.45) is 9.55. The molecule has 4 saturated heterocycles. The van der Waals surface area contributed by atoms with E-state index in [1.54, 1.807) is 12.5 Å². The molecule has 5 aromatic rings. The molecule has 2 aromatic carbocycles. The number of nitrogens with two attached hydrogens (primary N) is 1. The van der Waals surface area contributed by atoms with Crippen LogP contribution in [0.5, 0.6) is 0 Å². The molecule has 0 unspecified atom stereocenters. The number of hydrogen-bond donors (Lipinski definition) is 4. The number of aromatic nitrogens is 4. The van der Waals surface area contributed by atoms with Crippen molar-refractivity contribution in [2.75, 3.05) is 108 Å². The molecule has 376 valence electrons. The van der Waals surface area contributed by atoms with Crippen molar-refractivity contribution in [1.29, 1.82) is 0 Å². The van der Waals surface area contributed by atoms with Gasteiger partial charge < -0.3 is 41.0 Å². The first-order valence-electron chi connectivity index (χ1n) is 25.4. The molecule has 0 bridgehead atoms. The highest BCUT2D eigenvalue weighted by atomic mass is 35.5. The first kappa shape index (κ1) is 50.0. The van der Waals surface area contributed by atoms with Gasteiger partial charge in [-0.25, -0.2) is 15.0 Å². The molecule has 7 heterocycles. The molecule has 3 aromatic heterocycles. The highest BCUT2D eigenvalue weighted by Gasteiger charge is 2.40. The summed E-state index contributed by atoms with van der Waals surface area (Å²) in [6, 6.07) is 19.5. The van der Waals surface area contributed by atoms with Crippen LogP contribution in [0.3, 0.4) is 0 Å². The third kappa shape index (κ3) is 12.2. The molecule has 17 nitrogen and oxygen atoms in total. The second-order valence-corrected chi connectivity index (χ2v) is 20.3. The summed E-state index contributed by atoms with van der Waals surface area (Å²) < 4.78 is 0. The van der Waals surface area contributed by atoms with E-state index in [1.165, 1.54) is 12.5 Å². The standard InChI is InChI=1S/C53H68ClN13O4/c1-3-38-5-4-6-41(31-38)42-32-46(60-37(2)68)48(57-33-42)51(70)67-19-12-39(13-20-67)34-63-23-25-64(26-24-63)35-47(69)65-29-27-62(28-30-65)18-14-45(40-7-9-43(54)10-8-40)61-52(71)53(55)15-21-66(22-16-53)50-44-11-17-56-49(44)58-36-59-50/h4-11,17,31-33,36,39,45H,3,12-16,18-30,34-35,55H2,1-2H3,(H,60,68)(H,61,71)(H,56,58,59)/t45-/m0/s1. The highest BCUT2D eigenvalue weighted by Crippen LogP contribution is 2.31. The zero-order chi connectivity index (χ0) is 49.5. The van der Waals surface area contributed by atoms with E-state index >= 15 is 0 Å². The van der Waals surface area contributed by atoms with E-state index in [0.29, 0.717) is 81.7 Å². The van der Waals surface area contributed by atoms with Gasteiger partial charge in [0.05, 0.1) is 29.2 Å². The Balaban J connectivity index is 0.692. The Hall–Kier alpha value is -5.98. The average Bonchev–Trinajstić information content (AvgIpc) is 3.88. The second kappa shape index (κ2) is 22.6. The zero-order valence-corrected chi connectivity index (χ0v) is 41.9. The number of anilines is 2. The predicted octanol–water partition coefficient (Wildman–Crippen LogP) is 5.05. The Morgan fingerprint density at radius 2 is 1.54 bits per heavy atom. The third-order valence-electron chi connectivity index (χ3n) is 15.1. The number of fused-ring (bicyclic) bond motifs is 1. The number of aryl methyl sites for hydroxylation is 1. The van der Waals surface area contributed by atoms with E-state index < -0.39 is 5.54 Å². The van der Waals surface area contributed by atoms with E-state index in [9.17, 15) is 19.2 Å². The van der Waals surface area contributed by atoms with Crippen molar-refractivity contribution in [3.63, 3.8) is 0 Å². The molecule has 0 aliphatic carbocycles. The number of nitrogens with one attached hydrogen (secondary N) is 3. The Morgan fingerprint density at radius 3 is 2.25 bits per heavy atom. The fraction of sp³-hybridized carbons (Fsp3) is 0.491. The molecule has 1 atom stereocenters. The van der Waals surface area contributed by atoms with Crippen molar-refractivity contribution >= 4 is 57.8 Å². The highest BCUT2D eigenvalue weighted by molar-refractivity contribution is 6.30. The number of halogens is 1. The summed E-state index contributed by atoms with van der Waals surface area (Å²) in [5.41, 5.74) is 11.4. The lowest BCUT2D eigenvalue weighted by Gasteiger charge is -2.40. The number of likely N-dealkylation sites (tertiary alicyclic amines) is 1. The molecule has 9 rings (SSSR count). The van der Waals surface area contributed by atoms with Gasteiger partial charge in [-0.1, -0.05) is 54.9 Å². The molecule has 5 N–H and O–H groups in total. The van der Waals surface area contributed by atoms with Crippen LogP contribution in [0.4, 0.5) is 11.5 Å². The largest absolute Gasteiger partial charge is 0.356 e. The topological polar surface area (TPSA) is 192 Å². The van der Waals surface area contributed by atoms with Gasteiger partial charge in [-0.2, -0.15) is 0 Å². The van der Waals surface area contributed by atoms with E-state index in [-0.39, 0.29) is 35.4 Å². The van der Waals surface area contributed by atoms with E-state index in [0.717, 1.165) is 105 Å². The summed E-state index contributed by atoms with van der Waals surface area (Å²) in [6.45, 7) is 14.6. The number of piperidine rings is 2. The van der Waals surface area contributed by atoms with Gasteiger partial charge in [-0.15, -0.1) is 0 Å². The molecule has 0 radical (unpaired) electrons. The summed E-state index contributed by atoms with van der Waals surface area (Å²) in [4.78, 5) is 83.3. The SMILES string of the molecule is CCc1cccc(-c2cnc(C(=O)N3CCC(CN4CCN(CC(=O)N5CCN(CC[C@H](NC(=O)C6(N)CCN(c7ncnc8[nH]ccc78)CC6)c6ccc(Cl)cc6)CC5)CC4)CC3)c(NC(C)=O)c2)c1. The number of piperazine rings is 2. The number of aromatic amines is 1. The van der Waals surface area contributed by atoms with Gasteiger partial charge in [0.15, 0.2) is 5.69 Å². The minimum Gasteiger partial charge on any atom is -0.356 e. The normalized spacial score (nSPS) is 18.9. The number of hydrogen-bond acceptors (Lipinski definition) is 12. The van der Waals surface area contributed by atoms with E-state index in [1.807, 2.05) is 64.5 Å². The van der Waals surface area contributed by atoms with Crippen molar-refractivity contribution in [3.8, 4) is 11.1 Å². The number of rotatable bonds is 15. The van der Waals surface area contributed by atoms with Gasteiger partial charge >= 0.3 is 0 Å². The lowest BCUT2D eigenvalue weighted by atomic mass is 9.87. The molecular weight excluding hydrogens is 918 g/mol. The lowest BCUT2D eigenvalue weighted by Crippen LogP contribution is -2.60. The minimum atomic E-state index is -1.01. The van der Waals surface area contributed by atoms with Crippen molar-refractivity contribution in [2.45, 2.75) is 64.0 Å². The van der Waals surface area contributed by atoms with Crippen LogP contribution in [0.15, 0.2) is 79.4 Å². The number of nitrogens with zero attached hydrogens (tertiary/aromatic N) is 9. The van der Waals surface area contributed by atoms with Gasteiger partial charge in [0, 0.05) is 122 Å².